The van der Waals surface area contributed by atoms with Crippen LogP contribution in [0.1, 0.15) is 11.1 Å². The molecule has 0 aliphatic rings. The lowest BCUT2D eigenvalue weighted by Gasteiger charge is -2.11. The highest BCUT2D eigenvalue weighted by Gasteiger charge is 2.20. The second-order valence-corrected chi connectivity index (χ2v) is 7.94. The molecule has 0 aliphatic carbocycles. The van der Waals surface area contributed by atoms with Gasteiger partial charge in [-0.2, -0.15) is 8.42 Å². The summed E-state index contributed by atoms with van der Waals surface area (Å²) in [4.78, 5) is 31.4. The maximum Gasteiger partial charge on any atom is 0.315 e. The third-order valence-corrected chi connectivity index (χ3v) is 5.83. The summed E-state index contributed by atoms with van der Waals surface area (Å²) in [5.74, 6) is 0. The van der Waals surface area contributed by atoms with Crippen molar-refractivity contribution in [3.63, 3.8) is 0 Å². The number of aromatic nitrogens is 3. The monoisotopic (exact) mass is 424 g/mol. The number of aryl methyl sites for hydroxylation is 2. The van der Waals surface area contributed by atoms with Crippen molar-refractivity contribution in [2.24, 2.45) is 0 Å². The summed E-state index contributed by atoms with van der Waals surface area (Å²) in [6, 6.07) is 6.47. The molecule has 3 N–H and O–H groups in total. The molecule has 0 spiro atoms. The molecule has 8 nitrogen and oxygen atoms in total. The molecule has 130 valence electrons. The molecule has 3 aromatic rings. The summed E-state index contributed by atoms with van der Waals surface area (Å²) in [5.41, 5.74) is 0.0957. The lowest BCUT2D eigenvalue weighted by molar-refractivity contribution is 0.597. The molecule has 2 aromatic heterocycles. The first kappa shape index (κ1) is 17.4. The predicted octanol–water partition coefficient (Wildman–Crippen LogP) is 1.79. The average molecular weight is 425 g/mol. The second kappa shape index (κ2) is 6.12. The Labute approximate surface area is 150 Å². The normalized spacial score (nSPS) is 11.6. The largest absolute Gasteiger partial charge is 0.315 e. The quantitative estimate of drug-likeness (QED) is 0.552. The third-order valence-electron chi connectivity index (χ3n) is 3.52. The van der Waals surface area contributed by atoms with Crippen LogP contribution in [0.3, 0.4) is 0 Å². The van der Waals surface area contributed by atoms with Crippen LogP contribution in [0.2, 0.25) is 0 Å². The Morgan fingerprint density at radius 2 is 1.72 bits per heavy atom. The predicted molar refractivity (Wildman–Crippen MR) is 97.4 cm³/mol. The van der Waals surface area contributed by atoms with Gasteiger partial charge in [0.05, 0.1) is 5.52 Å². The average Bonchev–Trinajstić information content (AvgIpc) is 2.51. The van der Waals surface area contributed by atoms with E-state index in [9.17, 15) is 18.0 Å². The molecule has 0 fully saturated rings. The molecule has 0 atom stereocenters. The van der Waals surface area contributed by atoms with Gasteiger partial charge >= 0.3 is 11.1 Å². The van der Waals surface area contributed by atoms with Crippen LogP contribution in [0, 0.1) is 13.8 Å². The van der Waals surface area contributed by atoms with E-state index >= 15 is 0 Å². The molecule has 0 amide bonds. The maximum atomic E-state index is 12.7. The second-order valence-electron chi connectivity index (χ2n) is 5.48. The number of nitrogens with one attached hydrogen (secondary N) is 3. The molecule has 25 heavy (non-hydrogen) atoms. The Balaban J connectivity index is 2.11. The summed E-state index contributed by atoms with van der Waals surface area (Å²) in [7, 11) is -3.98. The number of aromatic amines is 2. The number of sulfonamides is 1. The fourth-order valence-corrected chi connectivity index (χ4v) is 3.79. The van der Waals surface area contributed by atoms with E-state index in [1.54, 1.807) is 25.1 Å². The number of rotatable bonds is 3. The van der Waals surface area contributed by atoms with Gasteiger partial charge in [-0.15, -0.1) is 0 Å². The highest BCUT2D eigenvalue weighted by molar-refractivity contribution is 9.10. The molecule has 10 heteroatoms. The number of nitrogens with zero attached hydrogens (tertiary/aromatic N) is 1. The van der Waals surface area contributed by atoms with E-state index in [1.165, 1.54) is 6.07 Å². The van der Waals surface area contributed by atoms with E-state index in [4.69, 9.17) is 0 Å². The van der Waals surface area contributed by atoms with Gasteiger partial charge in [-0.05, 0) is 49.2 Å². The smallest absolute Gasteiger partial charge is 0.315 e. The lowest BCUT2D eigenvalue weighted by Crippen LogP contribution is -2.29. The summed E-state index contributed by atoms with van der Waals surface area (Å²) >= 11 is 3.35. The van der Waals surface area contributed by atoms with Gasteiger partial charge in [-0.25, -0.2) is 4.98 Å². The van der Waals surface area contributed by atoms with Crippen molar-refractivity contribution in [1.29, 1.82) is 0 Å². The van der Waals surface area contributed by atoms with Crippen LogP contribution in [0.15, 0.2) is 43.4 Å². The minimum absolute atomic E-state index is 0.0115. The van der Waals surface area contributed by atoms with Gasteiger partial charge in [0.2, 0.25) is 0 Å². The molecule has 2 heterocycles. The standard InChI is InChI=1S/C15H13BrN4O4S/c1-7-5-9(3-4-10(7)16)20-25(23,24)15-8(2)6-11-12(19-15)18-14(22)13(21)17-11/h3-6,20H,1-2H3,(H,17,21)(H,18,19,22). The van der Waals surface area contributed by atoms with Crippen LogP contribution in [0.4, 0.5) is 5.69 Å². The number of fused-ring (bicyclic) bond motifs is 1. The molecule has 1 aromatic carbocycles. The zero-order valence-electron chi connectivity index (χ0n) is 13.2. The summed E-state index contributed by atoms with van der Waals surface area (Å²) in [6.07, 6.45) is 0. The van der Waals surface area contributed by atoms with E-state index in [-0.39, 0.29) is 16.2 Å². The minimum atomic E-state index is -3.98. The van der Waals surface area contributed by atoms with Crippen molar-refractivity contribution in [2.45, 2.75) is 18.9 Å². The first-order chi connectivity index (χ1) is 11.7. The molecule has 0 bridgehead atoms. The van der Waals surface area contributed by atoms with Crippen molar-refractivity contribution in [3.05, 3.63) is 60.6 Å². The molecule has 0 saturated carbocycles. The summed E-state index contributed by atoms with van der Waals surface area (Å²) in [5, 5.41) is -0.233. The Hall–Kier alpha value is -2.46. The molecule has 0 aliphatic heterocycles. The maximum absolute atomic E-state index is 12.7. The fourth-order valence-electron chi connectivity index (χ4n) is 2.31. The third kappa shape index (κ3) is 3.35. The molecular formula is C15H13BrN4O4S. The molecule has 0 saturated heterocycles. The van der Waals surface area contributed by atoms with Gasteiger partial charge in [-0.1, -0.05) is 15.9 Å². The van der Waals surface area contributed by atoms with Crippen LogP contribution in [0.5, 0.6) is 0 Å². The van der Waals surface area contributed by atoms with E-state index in [2.05, 4.69) is 35.6 Å². The van der Waals surface area contributed by atoms with Gasteiger partial charge in [0.1, 0.15) is 0 Å². The first-order valence-corrected chi connectivity index (χ1v) is 9.38. The Morgan fingerprint density at radius 1 is 1.04 bits per heavy atom. The highest BCUT2D eigenvalue weighted by atomic mass is 79.9. The Morgan fingerprint density at radius 3 is 2.40 bits per heavy atom. The van der Waals surface area contributed by atoms with Crippen LogP contribution >= 0.6 is 15.9 Å². The van der Waals surface area contributed by atoms with Crippen LogP contribution in [-0.2, 0) is 10.0 Å². The lowest BCUT2D eigenvalue weighted by atomic mass is 10.2. The minimum Gasteiger partial charge on any atom is -0.315 e. The zero-order chi connectivity index (χ0) is 18.4. The Bertz CT molecular complexity index is 1210. The molecular weight excluding hydrogens is 412 g/mol. The number of hydrogen-bond acceptors (Lipinski definition) is 5. The van der Waals surface area contributed by atoms with E-state index in [0.717, 1.165) is 10.0 Å². The van der Waals surface area contributed by atoms with E-state index in [1.807, 2.05) is 6.92 Å². The highest BCUT2D eigenvalue weighted by Crippen LogP contribution is 2.23. The van der Waals surface area contributed by atoms with Gasteiger partial charge in [-0.3, -0.25) is 14.3 Å². The van der Waals surface area contributed by atoms with Crippen molar-refractivity contribution >= 4 is 42.8 Å². The fraction of sp³-hybridized carbons (Fsp3) is 0.133. The number of H-pyrrole nitrogens is 2. The van der Waals surface area contributed by atoms with Gasteiger partial charge in [0.15, 0.2) is 10.7 Å². The van der Waals surface area contributed by atoms with Crippen LogP contribution < -0.4 is 15.8 Å². The number of benzene rings is 1. The SMILES string of the molecule is Cc1cc(NS(=O)(=O)c2nc3[nH]c(=O)c(=O)[nH]c3cc2C)ccc1Br. The first-order valence-electron chi connectivity index (χ1n) is 7.10. The van der Waals surface area contributed by atoms with Crippen LogP contribution in [0.25, 0.3) is 11.2 Å². The van der Waals surface area contributed by atoms with Crippen molar-refractivity contribution in [3.8, 4) is 0 Å². The number of anilines is 1. The van der Waals surface area contributed by atoms with Gasteiger partial charge in [0.25, 0.3) is 10.0 Å². The molecule has 0 unspecified atom stereocenters. The van der Waals surface area contributed by atoms with Crippen molar-refractivity contribution < 1.29 is 8.42 Å². The molecule has 0 radical (unpaired) electrons. The summed E-state index contributed by atoms with van der Waals surface area (Å²) in [6.45, 7) is 3.39. The van der Waals surface area contributed by atoms with Gasteiger partial charge < -0.3 is 9.97 Å². The topological polar surface area (TPSA) is 125 Å². The zero-order valence-corrected chi connectivity index (χ0v) is 15.6. The van der Waals surface area contributed by atoms with Crippen LogP contribution in [-0.4, -0.2) is 23.4 Å². The number of hydrogen-bond donors (Lipinski definition) is 3. The van der Waals surface area contributed by atoms with Gasteiger partial charge in [0, 0.05) is 10.2 Å². The number of pyridine rings is 1. The Kier molecular flexibility index (Phi) is 4.25. The number of halogens is 1. The van der Waals surface area contributed by atoms with E-state index in [0.29, 0.717) is 11.3 Å². The van der Waals surface area contributed by atoms with Crippen molar-refractivity contribution in [2.75, 3.05) is 4.72 Å². The molecule has 3 rings (SSSR count). The van der Waals surface area contributed by atoms with Crippen molar-refractivity contribution in [1.82, 2.24) is 15.0 Å². The van der Waals surface area contributed by atoms with E-state index < -0.39 is 21.1 Å². The summed E-state index contributed by atoms with van der Waals surface area (Å²) < 4.78 is 28.6.